The maximum atomic E-state index is 12.6. The Labute approximate surface area is 144 Å². The Morgan fingerprint density at radius 1 is 1.22 bits per heavy atom. The Morgan fingerprint density at radius 3 is 2.52 bits per heavy atom. The Morgan fingerprint density at radius 2 is 1.96 bits per heavy atom. The van der Waals surface area contributed by atoms with Crippen molar-refractivity contribution in [2.24, 2.45) is 0 Å². The number of unbranched alkanes of at least 4 members (excludes halogenated alkanes) is 2. The van der Waals surface area contributed by atoms with Crippen molar-refractivity contribution in [2.75, 3.05) is 18.5 Å². The summed E-state index contributed by atoms with van der Waals surface area (Å²) in [6, 6.07) is 5.24. The van der Waals surface area contributed by atoms with Gasteiger partial charge in [-0.15, -0.1) is 0 Å². The molecule has 0 aliphatic rings. The van der Waals surface area contributed by atoms with E-state index in [0.717, 1.165) is 19.3 Å². The highest BCUT2D eigenvalue weighted by Gasteiger charge is 2.33. The molecule has 0 bridgehead atoms. The molecular weight excluding hydrogens is 314 g/mol. The summed E-state index contributed by atoms with van der Waals surface area (Å²) in [5.41, 5.74) is -0.181. The number of ether oxygens (including phenoxy) is 2. The molecule has 0 unspecified atom stereocenters. The average Bonchev–Trinajstić information content (AvgIpc) is 2.50. The van der Waals surface area contributed by atoms with Crippen LogP contribution in [-0.2, 0) is 9.53 Å². The summed E-state index contributed by atoms with van der Waals surface area (Å²) in [5, 5.41) is 3.38. The van der Waals surface area contributed by atoms with Gasteiger partial charge in [0.05, 0.1) is 11.6 Å². The van der Waals surface area contributed by atoms with Gasteiger partial charge in [-0.2, -0.15) is 0 Å². The number of rotatable bonds is 10. The number of hydrogen-bond acceptors (Lipinski definition) is 3. The lowest BCUT2D eigenvalue weighted by atomic mass is 9.96. The lowest BCUT2D eigenvalue weighted by Gasteiger charge is -2.28. The first kappa shape index (κ1) is 19.8. The molecule has 0 radical (unpaired) electrons. The minimum absolute atomic E-state index is 0.143. The average molecular weight is 342 g/mol. The lowest BCUT2D eigenvalue weighted by molar-refractivity contribution is -0.139. The van der Waals surface area contributed by atoms with Crippen LogP contribution < -0.4 is 10.1 Å². The first-order chi connectivity index (χ1) is 11.0. The molecule has 1 N–H and O–H groups in total. The molecule has 1 aromatic carbocycles. The molecule has 0 spiro atoms. The highest BCUT2D eigenvalue weighted by Crippen LogP contribution is 2.29. The quantitative estimate of drug-likeness (QED) is 0.605. The van der Waals surface area contributed by atoms with Crippen LogP contribution in [0.2, 0.25) is 5.02 Å². The summed E-state index contributed by atoms with van der Waals surface area (Å²) < 4.78 is 11.1. The van der Waals surface area contributed by atoms with Crippen LogP contribution in [0.25, 0.3) is 0 Å². The summed E-state index contributed by atoms with van der Waals surface area (Å²) in [6.45, 7) is 8.83. The Bertz CT molecular complexity index is 507. The number of carbonyl (C=O) groups excluding carboxylic acids is 1. The molecule has 0 aliphatic carbocycles. The Balaban J connectivity index is 2.79. The summed E-state index contributed by atoms with van der Waals surface area (Å²) in [6.07, 6.45) is 3.86. The van der Waals surface area contributed by atoms with Crippen molar-refractivity contribution in [3.63, 3.8) is 0 Å². The second kappa shape index (κ2) is 9.78. The highest BCUT2D eigenvalue weighted by atomic mass is 35.5. The molecule has 0 aromatic heterocycles. The zero-order valence-electron chi connectivity index (χ0n) is 14.6. The zero-order valence-corrected chi connectivity index (χ0v) is 15.3. The highest BCUT2D eigenvalue weighted by molar-refractivity contribution is 6.32. The standard InChI is InChI=1S/C18H28ClNO3/c1-5-8-9-12-18(4,23-7-3)17(21)20-14-10-11-16(22-6-2)15(19)13-14/h10-11,13H,5-9,12H2,1-4H3,(H,20,21)/t18-/m0/s1. The molecule has 4 nitrogen and oxygen atoms in total. The van der Waals surface area contributed by atoms with E-state index in [2.05, 4.69) is 12.2 Å². The first-order valence-corrected chi connectivity index (χ1v) is 8.72. The van der Waals surface area contributed by atoms with Gasteiger partial charge < -0.3 is 14.8 Å². The minimum Gasteiger partial charge on any atom is -0.492 e. The van der Waals surface area contributed by atoms with E-state index in [-0.39, 0.29) is 5.91 Å². The van der Waals surface area contributed by atoms with Crippen LogP contribution in [0, 0.1) is 0 Å². The predicted octanol–water partition coefficient (Wildman–Crippen LogP) is 5.05. The summed E-state index contributed by atoms with van der Waals surface area (Å²) in [5.74, 6) is 0.471. The Kier molecular flexibility index (Phi) is 8.42. The van der Waals surface area contributed by atoms with Gasteiger partial charge in [0.15, 0.2) is 0 Å². The second-order valence-corrected chi connectivity index (χ2v) is 6.06. The van der Waals surface area contributed by atoms with Crippen molar-refractivity contribution in [1.29, 1.82) is 0 Å². The number of nitrogens with one attached hydrogen (secondary N) is 1. The van der Waals surface area contributed by atoms with Gasteiger partial charge in [0.25, 0.3) is 5.91 Å². The van der Waals surface area contributed by atoms with Crippen LogP contribution >= 0.6 is 11.6 Å². The second-order valence-electron chi connectivity index (χ2n) is 5.65. The third kappa shape index (κ3) is 6.04. The van der Waals surface area contributed by atoms with E-state index < -0.39 is 5.60 Å². The molecule has 0 saturated carbocycles. The van der Waals surface area contributed by atoms with E-state index in [1.807, 2.05) is 20.8 Å². The molecule has 0 heterocycles. The first-order valence-electron chi connectivity index (χ1n) is 8.34. The maximum Gasteiger partial charge on any atom is 0.256 e. The predicted molar refractivity (Wildman–Crippen MR) is 95.4 cm³/mol. The zero-order chi connectivity index (χ0) is 17.3. The number of carbonyl (C=O) groups is 1. The van der Waals surface area contributed by atoms with Crippen LogP contribution in [0.3, 0.4) is 0 Å². The molecule has 1 aromatic rings. The van der Waals surface area contributed by atoms with Crippen molar-refractivity contribution in [1.82, 2.24) is 0 Å². The van der Waals surface area contributed by atoms with Crippen LogP contribution in [0.15, 0.2) is 18.2 Å². The van der Waals surface area contributed by atoms with Gasteiger partial charge >= 0.3 is 0 Å². The van der Waals surface area contributed by atoms with Crippen molar-refractivity contribution in [3.8, 4) is 5.75 Å². The fourth-order valence-corrected chi connectivity index (χ4v) is 2.63. The molecule has 1 atom stereocenters. The van der Waals surface area contributed by atoms with Gasteiger partial charge in [-0.1, -0.05) is 37.8 Å². The Hall–Kier alpha value is -1.26. The van der Waals surface area contributed by atoms with Crippen LogP contribution in [0.5, 0.6) is 5.75 Å². The summed E-state index contributed by atoms with van der Waals surface area (Å²) in [7, 11) is 0. The van der Waals surface area contributed by atoms with E-state index in [9.17, 15) is 4.79 Å². The van der Waals surface area contributed by atoms with Crippen molar-refractivity contribution in [3.05, 3.63) is 23.2 Å². The lowest BCUT2D eigenvalue weighted by Crippen LogP contribution is -2.42. The number of hydrogen-bond donors (Lipinski definition) is 1. The van der Waals surface area contributed by atoms with Crippen LogP contribution in [0.1, 0.15) is 53.4 Å². The number of anilines is 1. The van der Waals surface area contributed by atoms with Gasteiger partial charge in [0.2, 0.25) is 0 Å². The molecule has 23 heavy (non-hydrogen) atoms. The van der Waals surface area contributed by atoms with Gasteiger partial charge in [-0.25, -0.2) is 0 Å². The maximum absolute atomic E-state index is 12.6. The van der Waals surface area contributed by atoms with E-state index >= 15 is 0 Å². The minimum atomic E-state index is -0.824. The molecule has 0 fully saturated rings. The van der Waals surface area contributed by atoms with Crippen LogP contribution in [0.4, 0.5) is 5.69 Å². The van der Waals surface area contributed by atoms with E-state index in [1.54, 1.807) is 18.2 Å². The fraction of sp³-hybridized carbons (Fsp3) is 0.611. The molecule has 130 valence electrons. The number of halogens is 1. The molecule has 0 aliphatic heterocycles. The molecule has 5 heteroatoms. The van der Waals surface area contributed by atoms with E-state index in [4.69, 9.17) is 21.1 Å². The molecule has 1 amide bonds. The van der Waals surface area contributed by atoms with Gasteiger partial charge in [-0.3, -0.25) is 4.79 Å². The van der Waals surface area contributed by atoms with Crippen molar-refractivity contribution >= 4 is 23.2 Å². The SMILES string of the molecule is CCCCC[C@](C)(OCC)C(=O)Nc1ccc(OCC)c(Cl)c1. The number of benzene rings is 1. The third-order valence-corrected chi connectivity index (χ3v) is 3.99. The largest absolute Gasteiger partial charge is 0.492 e. The monoisotopic (exact) mass is 341 g/mol. The van der Waals surface area contributed by atoms with E-state index in [1.165, 1.54) is 0 Å². The summed E-state index contributed by atoms with van der Waals surface area (Å²) >= 11 is 6.16. The van der Waals surface area contributed by atoms with Gasteiger partial charge in [-0.05, 0) is 45.4 Å². The van der Waals surface area contributed by atoms with Crippen molar-refractivity contribution in [2.45, 2.75) is 59.0 Å². The summed E-state index contributed by atoms with van der Waals surface area (Å²) in [4.78, 5) is 12.6. The number of amides is 1. The molecule has 0 saturated heterocycles. The van der Waals surface area contributed by atoms with Crippen LogP contribution in [-0.4, -0.2) is 24.7 Å². The molecular formula is C18H28ClNO3. The van der Waals surface area contributed by atoms with Gasteiger partial charge in [0.1, 0.15) is 11.4 Å². The van der Waals surface area contributed by atoms with E-state index in [0.29, 0.717) is 36.1 Å². The fourth-order valence-electron chi connectivity index (χ4n) is 2.40. The topological polar surface area (TPSA) is 47.6 Å². The van der Waals surface area contributed by atoms with Crippen molar-refractivity contribution < 1.29 is 14.3 Å². The third-order valence-electron chi connectivity index (χ3n) is 3.69. The molecule has 1 rings (SSSR count). The smallest absolute Gasteiger partial charge is 0.256 e. The van der Waals surface area contributed by atoms with Gasteiger partial charge in [0, 0.05) is 12.3 Å². The normalized spacial score (nSPS) is 13.4.